The van der Waals surface area contributed by atoms with E-state index in [2.05, 4.69) is 41.1 Å². The minimum absolute atomic E-state index is 0.0336. The lowest BCUT2D eigenvalue weighted by molar-refractivity contribution is -0.146. The Morgan fingerprint density at radius 3 is 2.38 bits per heavy atom. The SMILES string of the molecule is CCC(C)[C@@H]1NCC2CCc3cccc(c3C2)CCCNC(=O)[C@@H](Cc2ccccc2)NC(=O)[C@H](C(C)O)N(C)C1=O. The number of aliphatic hydroxyl groups is 1. The number of nitrogens with one attached hydrogen (secondary N) is 3. The third-order valence-electron chi connectivity index (χ3n) is 9.12. The lowest BCUT2D eigenvalue weighted by Gasteiger charge is -2.36. The zero-order valence-electron chi connectivity index (χ0n) is 25.6. The molecule has 228 valence electrons. The summed E-state index contributed by atoms with van der Waals surface area (Å²) in [5, 5.41) is 20.2. The maximum absolute atomic E-state index is 13.9. The quantitative estimate of drug-likeness (QED) is 0.438. The summed E-state index contributed by atoms with van der Waals surface area (Å²) in [6, 6.07) is 13.6. The van der Waals surface area contributed by atoms with Crippen LogP contribution in [0.1, 0.15) is 62.3 Å². The molecule has 1 aliphatic heterocycles. The number of benzene rings is 2. The molecule has 8 nitrogen and oxygen atoms in total. The number of likely N-dealkylation sites (N-methyl/N-ethyl adjacent to an activating group) is 1. The second-order valence-electron chi connectivity index (χ2n) is 12.2. The predicted octanol–water partition coefficient (Wildman–Crippen LogP) is 2.79. The minimum atomic E-state index is -1.14. The molecule has 42 heavy (non-hydrogen) atoms. The fourth-order valence-corrected chi connectivity index (χ4v) is 6.41. The summed E-state index contributed by atoms with van der Waals surface area (Å²) >= 11 is 0. The van der Waals surface area contributed by atoms with Crippen molar-refractivity contribution in [3.8, 4) is 0 Å². The number of carbonyl (C=O) groups excluding carboxylic acids is 3. The van der Waals surface area contributed by atoms with Crippen LogP contribution in [0.5, 0.6) is 0 Å². The molecule has 0 radical (unpaired) electrons. The van der Waals surface area contributed by atoms with Crippen molar-refractivity contribution in [2.24, 2.45) is 11.8 Å². The molecule has 0 saturated carbocycles. The van der Waals surface area contributed by atoms with Gasteiger partial charge in [0.15, 0.2) is 0 Å². The molecule has 1 aliphatic carbocycles. The summed E-state index contributed by atoms with van der Waals surface area (Å²) in [7, 11) is 1.57. The molecule has 0 spiro atoms. The van der Waals surface area contributed by atoms with Crippen LogP contribution in [0, 0.1) is 11.8 Å². The molecule has 2 aromatic rings. The Bertz CT molecular complexity index is 1220. The molecule has 3 unspecified atom stereocenters. The number of aliphatic hydroxyl groups excluding tert-OH is 1. The maximum Gasteiger partial charge on any atom is 0.246 e. The van der Waals surface area contributed by atoms with Crippen LogP contribution < -0.4 is 16.0 Å². The van der Waals surface area contributed by atoms with Crippen LogP contribution in [0.15, 0.2) is 48.5 Å². The lowest BCUT2D eigenvalue weighted by atomic mass is 9.80. The smallest absolute Gasteiger partial charge is 0.246 e. The first-order valence-electron chi connectivity index (χ1n) is 15.6. The van der Waals surface area contributed by atoms with Crippen LogP contribution in [0.4, 0.5) is 0 Å². The van der Waals surface area contributed by atoms with Gasteiger partial charge in [-0.1, -0.05) is 68.8 Å². The minimum Gasteiger partial charge on any atom is -0.391 e. The molecule has 1 heterocycles. The number of amides is 3. The highest BCUT2D eigenvalue weighted by molar-refractivity contribution is 5.93. The molecule has 8 heteroatoms. The van der Waals surface area contributed by atoms with Crippen LogP contribution in [-0.4, -0.2) is 72.1 Å². The highest BCUT2D eigenvalue weighted by Gasteiger charge is 2.37. The highest BCUT2D eigenvalue weighted by Crippen LogP contribution is 2.29. The number of aryl methyl sites for hydroxylation is 2. The van der Waals surface area contributed by atoms with Gasteiger partial charge in [0.25, 0.3) is 0 Å². The largest absolute Gasteiger partial charge is 0.391 e. The van der Waals surface area contributed by atoms with Crippen LogP contribution >= 0.6 is 0 Å². The van der Waals surface area contributed by atoms with Crippen molar-refractivity contribution in [2.45, 2.75) is 89.9 Å². The van der Waals surface area contributed by atoms with Gasteiger partial charge in [0.2, 0.25) is 17.7 Å². The van der Waals surface area contributed by atoms with Crippen molar-refractivity contribution >= 4 is 17.7 Å². The molecule has 0 fully saturated rings. The van der Waals surface area contributed by atoms with Crippen molar-refractivity contribution in [1.82, 2.24) is 20.9 Å². The van der Waals surface area contributed by atoms with E-state index < -0.39 is 30.1 Å². The third-order valence-corrected chi connectivity index (χ3v) is 9.12. The van der Waals surface area contributed by atoms with Gasteiger partial charge in [-0.05, 0) is 79.7 Å². The second kappa shape index (κ2) is 14.8. The van der Waals surface area contributed by atoms with Gasteiger partial charge >= 0.3 is 0 Å². The first-order chi connectivity index (χ1) is 20.2. The fraction of sp³-hybridized carbons (Fsp3) is 0.559. The lowest BCUT2D eigenvalue weighted by Crippen LogP contribution is -2.61. The van der Waals surface area contributed by atoms with Crippen LogP contribution in [0.2, 0.25) is 0 Å². The van der Waals surface area contributed by atoms with Gasteiger partial charge in [0.1, 0.15) is 12.1 Å². The first kappa shape index (κ1) is 31.7. The van der Waals surface area contributed by atoms with E-state index in [0.29, 0.717) is 25.4 Å². The van der Waals surface area contributed by atoms with Crippen molar-refractivity contribution in [2.75, 3.05) is 20.1 Å². The second-order valence-corrected chi connectivity index (χ2v) is 12.2. The Morgan fingerprint density at radius 2 is 1.69 bits per heavy atom. The van der Waals surface area contributed by atoms with Crippen LogP contribution in [-0.2, 0) is 40.1 Å². The predicted molar refractivity (Wildman–Crippen MR) is 165 cm³/mol. The number of rotatable bonds is 5. The average Bonchev–Trinajstić information content (AvgIpc) is 2.98. The van der Waals surface area contributed by atoms with E-state index in [4.69, 9.17) is 0 Å². The van der Waals surface area contributed by atoms with E-state index in [9.17, 15) is 19.5 Å². The summed E-state index contributed by atoms with van der Waals surface area (Å²) in [6.45, 7) is 6.81. The average molecular weight is 577 g/mol. The Morgan fingerprint density at radius 1 is 0.976 bits per heavy atom. The summed E-state index contributed by atoms with van der Waals surface area (Å²) in [5.41, 5.74) is 5.05. The summed E-state index contributed by atoms with van der Waals surface area (Å²) < 4.78 is 0. The molecule has 0 saturated heterocycles. The molecular weight excluding hydrogens is 528 g/mol. The molecule has 0 aromatic heterocycles. The van der Waals surface area contributed by atoms with Crippen molar-refractivity contribution in [3.63, 3.8) is 0 Å². The van der Waals surface area contributed by atoms with E-state index in [1.54, 1.807) is 7.05 Å². The normalized spacial score (nSPS) is 25.9. The summed E-state index contributed by atoms with van der Waals surface area (Å²) in [6.07, 6.45) is 4.64. The van der Waals surface area contributed by atoms with Gasteiger partial charge in [-0.2, -0.15) is 0 Å². The molecule has 3 amide bonds. The Kier molecular flexibility index (Phi) is 11.2. The Balaban J connectivity index is 1.65. The number of nitrogens with zero attached hydrogens (tertiary/aromatic N) is 1. The number of hydrogen-bond acceptors (Lipinski definition) is 5. The van der Waals surface area contributed by atoms with Crippen LogP contribution in [0.3, 0.4) is 0 Å². The summed E-state index contributed by atoms with van der Waals surface area (Å²) in [4.78, 5) is 42.4. The van der Waals surface area contributed by atoms with E-state index in [1.807, 2.05) is 37.3 Å². The number of fused-ring (bicyclic) bond motifs is 1. The van der Waals surface area contributed by atoms with E-state index in [1.165, 1.54) is 28.5 Å². The molecule has 4 rings (SSSR count). The molecular formula is C34H48N4O4. The first-order valence-corrected chi connectivity index (χ1v) is 15.6. The Hall–Kier alpha value is -3.23. The number of hydrogen-bond donors (Lipinski definition) is 4. The zero-order chi connectivity index (χ0) is 30.2. The van der Waals surface area contributed by atoms with E-state index in [0.717, 1.165) is 44.1 Å². The molecule has 2 aromatic carbocycles. The van der Waals surface area contributed by atoms with Crippen LogP contribution in [0.25, 0.3) is 0 Å². The molecule has 6 atom stereocenters. The molecule has 4 N–H and O–H groups in total. The van der Waals surface area contributed by atoms with Crippen molar-refractivity contribution in [3.05, 3.63) is 70.8 Å². The summed E-state index contributed by atoms with van der Waals surface area (Å²) in [5.74, 6) is -0.620. The zero-order valence-corrected chi connectivity index (χ0v) is 25.6. The third kappa shape index (κ3) is 7.78. The topological polar surface area (TPSA) is 111 Å². The molecule has 2 aliphatic rings. The van der Waals surface area contributed by atoms with E-state index in [-0.39, 0.29) is 17.7 Å². The fourth-order valence-electron chi connectivity index (χ4n) is 6.41. The van der Waals surface area contributed by atoms with Gasteiger partial charge in [-0.25, -0.2) is 0 Å². The van der Waals surface area contributed by atoms with Gasteiger partial charge < -0.3 is 26.0 Å². The van der Waals surface area contributed by atoms with Gasteiger partial charge in [0.05, 0.1) is 12.1 Å². The number of carbonyl (C=O) groups is 3. The van der Waals surface area contributed by atoms with Gasteiger partial charge in [-0.3, -0.25) is 14.4 Å². The Labute approximate surface area is 250 Å². The highest BCUT2D eigenvalue weighted by atomic mass is 16.3. The molecule has 2 bridgehead atoms. The monoisotopic (exact) mass is 576 g/mol. The van der Waals surface area contributed by atoms with E-state index >= 15 is 0 Å². The van der Waals surface area contributed by atoms with Crippen molar-refractivity contribution < 1.29 is 19.5 Å². The maximum atomic E-state index is 13.9. The van der Waals surface area contributed by atoms with Gasteiger partial charge in [-0.15, -0.1) is 0 Å². The standard InChI is InChI=1S/C34H48N4O4/c1-5-22(2)30-34(42)38(4)31(23(3)39)33(41)37-29(20-24-11-7-6-8-12-24)32(40)35-18-10-15-26-13-9-14-27-17-16-25(21-36-30)19-28(26)27/h6-9,11-14,22-23,25,29-31,36,39H,5,10,15-21H2,1-4H3,(H,35,40)(H,37,41)/t22?,23?,25?,29-,30+,31+/m1/s1. The van der Waals surface area contributed by atoms with Gasteiger partial charge in [0, 0.05) is 20.0 Å². The van der Waals surface area contributed by atoms with Crippen molar-refractivity contribution in [1.29, 1.82) is 0 Å².